The molecule has 34 heavy (non-hydrogen) atoms. The summed E-state index contributed by atoms with van der Waals surface area (Å²) in [6, 6.07) is -2.06. The van der Waals surface area contributed by atoms with Crippen LogP contribution in [0.25, 0.3) is 0 Å². The molecule has 0 saturated heterocycles. The van der Waals surface area contributed by atoms with Gasteiger partial charge in [-0.25, -0.2) is 4.79 Å². The van der Waals surface area contributed by atoms with E-state index in [9.17, 15) is 33.9 Å². The molecule has 0 fully saturated rings. The Bertz CT molecular complexity index is 793. The molecule has 4 N–H and O–H groups in total. The first-order chi connectivity index (χ1) is 16.0. The lowest BCUT2D eigenvalue weighted by atomic mass is 10.0. The van der Waals surface area contributed by atoms with Gasteiger partial charge in [0, 0.05) is 30.9 Å². The average molecular weight is 481 g/mol. The normalized spacial score (nSPS) is 16.5. The van der Waals surface area contributed by atoms with Gasteiger partial charge in [-0.3, -0.25) is 28.9 Å². The van der Waals surface area contributed by atoms with E-state index in [1.165, 1.54) is 6.92 Å². The van der Waals surface area contributed by atoms with Crippen molar-refractivity contribution in [2.45, 2.75) is 90.9 Å². The first-order valence-electron chi connectivity index (χ1n) is 11.7. The van der Waals surface area contributed by atoms with Crippen molar-refractivity contribution in [3.63, 3.8) is 0 Å². The van der Waals surface area contributed by atoms with Crippen LogP contribution in [0.3, 0.4) is 0 Å². The summed E-state index contributed by atoms with van der Waals surface area (Å²) < 4.78 is 0. The zero-order valence-corrected chi connectivity index (χ0v) is 20.3. The maximum atomic E-state index is 12.6. The van der Waals surface area contributed by atoms with Crippen LogP contribution in [0.4, 0.5) is 0 Å². The Labute approximate surface area is 199 Å². The molecule has 0 saturated carbocycles. The summed E-state index contributed by atoms with van der Waals surface area (Å²) in [5.74, 6) is -4.49. The number of nitrogens with one attached hydrogen (secondary N) is 3. The van der Waals surface area contributed by atoms with Crippen molar-refractivity contribution in [2.24, 2.45) is 5.92 Å². The zero-order chi connectivity index (χ0) is 25.8. The molecule has 4 atom stereocenters. The highest BCUT2D eigenvalue weighted by atomic mass is 16.4. The van der Waals surface area contributed by atoms with E-state index >= 15 is 0 Å². The molecule has 0 aromatic rings. The molecule has 0 aliphatic carbocycles. The van der Waals surface area contributed by atoms with Crippen molar-refractivity contribution in [1.82, 2.24) is 20.9 Å². The van der Waals surface area contributed by atoms with E-state index in [0.717, 1.165) is 29.9 Å². The number of imide groups is 1. The number of nitrogens with zero attached hydrogens (tertiary/aromatic N) is 1. The van der Waals surface area contributed by atoms with E-state index in [1.54, 1.807) is 13.8 Å². The van der Waals surface area contributed by atoms with Crippen molar-refractivity contribution >= 4 is 35.5 Å². The molecule has 4 unspecified atom stereocenters. The number of amides is 5. The van der Waals surface area contributed by atoms with Gasteiger partial charge in [0.25, 0.3) is 11.8 Å². The second-order valence-electron chi connectivity index (χ2n) is 8.51. The summed E-state index contributed by atoms with van der Waals surface area (Å²) in [5.41, 5.74) is 0. The van der Waals surface area contributed by atoms with Gasteiger partial charge < -0.3 is 21.1 Å². The highest BCUT2D eigenvalue weighted by Gasteiger charge is 2.36. The minimum Gasteiger partial charge on any atom is -0.480 e. The predicted octanol–water partition coefficient (Wildman–Crippen LogP) is 0.834. The number of unbranched alkanes of at least 4 members (excludes halogenated alkanes) is 2. The summed E-state index contributed by atoms with van der Waals surface area (Å²) in [4.78, 5) is 73.8. The van der Waals surface area contributed by atoms with Gasteiger partial charge in [0.1, 0.15) is 18.2 Å². The first-order valence-corrected chi connectivity index (χ1v) is 11.7. The molecule has 5 amide bonds. The molecular formula is C23H36N4O7. The van der Waals surface area contributed by atoms with E-state index in [4.69, 9.17) is 0 Å². The number of aliphatic carboxylic acids is 1. The summed E-state index contributed by atoms with van der Waals surface area (Å²) in [6.07, 6.45) is 4.48. The molecule has 1 aliphatic rings. The molecule has 0 spiro atoms. The van der Waals surface area contributed by atoms with E-state index in [-0.39, 0.29) is 25.2 Å². The van der Waals surface area contributed by atoms with Crippen molar-refractivity contribution in [3.05, 3.63) is 12.2 Å². The first kappa shape index (κ1) is 28.8. The van der Waals surface area contributed by atoms with Gasteiger partial charge in [0.15, 0.2) is 0 Å². The maximum Gasteiger partial charge on any atom is 0.326 e. The Balaban J connectivity index is 2.79. The summed E-state index contributed by atoms with van der Waals surface area (Å²) in [7, 11) is 0. The Morgan fingerprint density at radius 2 is 1.53 bits per heavy atom. The number of rotatable bonds is 15. The van der Waals surface area contributed by atoms with Crippen LogP contribution in [0.2, 0.25) is 0 Å². The fourth-order valence-electron chi connectivity index (χ4n) is 3.53. The Morgan fingerprint density at radius 3 is 2.06 bits per heavy atom. The average Bonchev–Trinajstić information content (AvgIpc) is 3.09. The number of carbonyl (C=O) groups is 6. The Morgan fingerprint density at radius 1 is 0.912 bits per heavy atom. The van der Waals surface area contributed by atoms with Crippen LogP contribution in [0.15, 0.2) is 12.2 Å². The fourth-order valence-corrected chi connectivity index (χ4v) is 3.53. The molecule has 1 aliphatic heterocycles. The third-order valence-corrected chi connectivity index (χ3v) is 5.45. The smallest absolute Gasteiger partial charge is 0.326 e. The van der Waals surface area contributed by atoms with E-state index in [0.29, 0.717) is 12.8 Å². The van der Waals surface area contributed by atoms with Crippen molar-refractivity contribution < 1.29 is 33.9 Å². The maximum absolute atomic E-state index is 12.6. The molecule has 0 bridgehead atoms. The van der Waals surface area contributed by atoms with Crippen molar-refractivity contribution in [1.29, 1.82) is 0 Å². The Kier molecular flexibility index (Phi) is 12.0. The van der Waals surface area contributed by atoms with E-state index in [2.05, 4.69) is 16.0 Å². The molecule has 11 heteroatoms. The molecule has 11 nitrogen and oxygen atoms in total. The zero-order valence-electron chi connectivity index (χ0n) is 20.3. The molecule has 0 aromatic carbocycles. The van der Waals surface area contributed by atoms with Gasteiger partial charge in [-0.05, 0) is 19.8 Å². The highest BCUT2D eigenvalue weighted by Crippen LogP contribution is 2.18. The molecular weight excluding hydrogens is 444 g/mol. The van der Waals surface area contributed by atoms with Crippen LogP contribution < -0.4 is 16.0 Å². The molecule has 190 valence electrons. The van der Waals surface area contributed by atoms with Crippen molar-refractivity contribution in [3.8, 4) is 0 Å². The standard InChI is InChI=1S/C23H36N4O7/c1-5-7-8-10-17(28)26-21(27-19(30)11-12-20(27)31)14(3)13-18(29)24-15(4)22(32)25-16(9-6-2)23(33)34/h11-12,14-16,21H,5-10,13H2,1-4H3,(H,24,29)(H,25,32)(H,26,28)(H,33,34). The van der Waals surface area contributed by atoms with Gasteiger partial charge in [-0.2, -0.15) is 0 Å². The van der Waals surface area contributed by atoms with Crippen molar-refractivity contribution in [2.75, 3.05) is 0 Å². The number of carboxylic acids is 1. The minimum atomic E-state index is -1.16. The third kappa shape index (κ3) is 8.95. The van der Waals surface area contributed by atoms with Crippen LogP contribution in [0.5, 0.6) is 0 Å². The van der Waals surface area contributed by atoms with E-state index in [1.807, 2.05) is 6.92 Å². The van der Waals surface area contributed by atoms with Crippen LogP contribution in [0, 0.1) is 5.92 Å². The van der Waals surface area contributed by atoms with Gasteiger partial charge >= 0.3 is 5.97 Å². The number of carbonyl (C=O) groups excluding carboxylic acids is 5. The van der Waals surface area contributed by atoms with Crippen LogP contribution in [0.1, 0.15) is 72.6 Å². The predicted molar refractivity (Wildman–Crippen MR) is 123 cm³/mol. The lowest BCUT2D eigenvalue weighted by Gasteiger charge is -2.32. The van der Waals surface area contributed by atoms with Gasteiger partial charge in [0.05, 0.1) is 0 Å². The molecule has 1 heterocycles. The SMILES string of the molecule is CCCCCC(=O)NC(C(C)CC(=O)NC(C)C(=O)NC(CCC)C(=O)O)N1C(=O)C=CC1=O. The van der Waals surface area contributed by atoms with Crippen LogP contribution >= 0.6 is 0 Å². The van der Waals surface area contributed by atoms with E-state index < -0.39 is 53.8 Å². The summed E-state index contributed by atoms with van der Waals surface area (Å²) in [6.45, 7) is 6.83. The monoisotopic (exact) mass is 480 g/mol. The Hall–Kier alpha value is -3.24. The largest absolute Gasteiger partial charge is 0.480 e. The number of carboxylic acid groups (broad SMARTS) is 1. The van der Waals surface area contributed by atoms with Crippen LogP contribution in [-0.4, -0.2) is 63.8 Å². The summed E-state index contributed by atoms with van der Waals surface area (Å²) in [5, 5.41) is 16.8. The second-order valence-corrected chi connectivity index (χ2v) is 8.51. The van der Waals surface area contributed by atoms with Crippen LogP contribution in [-0.2, 0) is 28.8 Å². The van der Waals surface area contributed by atoms with Gasteiger partial charge in [-0.15, -0.1) is 0 Å². The lowest BCUT2D eigenvalue weighted by Crippen LogP contribution is -2.55. The highest BCUT2D eigenvalue weighted by molar-refractivity contribution is 6.13. The fraction of sp³-hybridized carbons (Fsp3) is 0.652. The topological polar surface area (TPSA) is 162 Å². The minimum absolute atomic E-state index is 0.189. The third-order valence-electron chi connectivity index (χ3n) is 5.45. The van der Waals surface area contributed by atoms with Gasteiger partial charge in [0.2, 0.25) is 17.7 Å². The molecule has 0 aromatic heterocycles. The number of hydrogen-bond donors (Lipinski definition) is 4. The molecule has 1 rings (SSSR count). The lowest BCUT2D eigenvalue weighted by molar-refractivity contribution is -0.144. The molecule has 0 radical (unpaired) electrons. The quantitative estimate of drug-likeness (QED) is 0.199. The number of hydrogen-bond acceptors (Lipinski definition) is 6. The van der Waals surface area contributed by atoms with Gasteiger partial charge in [-0.1, -0.05) is 40.0 Å². The summed E-state index contributed by atoms with van der Waals surface area (Å²) >= 11 is 0. The second kappa shape index (κ2) is 14.1.